The van der Waals surface area contributed by atoms with Crippen LogP contribution < -0.4 is 17.2 Å². The molecule has 0 radical (unpaired) electrons. The van der Waals surface area contributed by atoms with Gasteiger partial charge in [0.15, 0.2) is 0 Å². The van der Waals surface area contributed by atoms with Crippen LogP contribution in [0.1, 0.15) is 19.8 Å². The minimum absolute atomic E-state index is 0.108. The van der Waals surface area contributed by atoms with Crippen LogP contribution in [0.15, 0.2) is 11.1 Å². The number of nitrogens with two attached hydrogens (primary N) is 3. The molecule has 3 nitrogen and oxygen atoms in total. The molecule has 0 aliphatic carbocycles. The van der Waals surface area contributed by atoms with Crippen molar-refractivity contribution in [1.82, 2.24) is 0 Å². The average Bonchev–Trinajstić information content (AvgIpc) is 2.01. The molecule has 0 atom stereocenters. The predicted molar refractivity (Wildman–Crippen MR) is 49.2 cm³/mol. The third-order valence-corrected chi connectivity index (χ3v) is 1.92. The second-order valence-electron chi connectivity index (χ2n) is 2.93. The summed E-state index contributed by atoms with van der Waals surface area (Å²) in [6, 6.07) is -3.25. The fourth-order valence-electron chi connectivity index (χ4n) is 1.08. The van der Waals surface area contributed by atoms with Gasteiger partial charge < -0.3 is 11.5 Å². The largest absolute Gasteiger partial charge is 0.330 e. The molecular formula is C8H17F2N3. The number of hydrogen-bond donors (Lipinski definition) is 3. The molecule has 0 aromatic carbocycles. The van der Waals surface area contributed by atoms with E-state index < -0.39 is 6.05 Å². The lowest BCUT2D eigenvalue weighted by Gasteiger charge is -2.16. The number of rotatable bonds is 5. The van der Waals surface area contributed by atoms with Gasteiger partial charge in [0.25, 0.3) is 0 Å². The van der Waals surface area contributed by atoms with Crippen LogP contribution in [-0.2, 0) is 0 Å². The lowest BCUT2D eigenvalue weighted by Crippen LogP contribution is -2.31. The van der Waals surface area contributed by atoms with E-state index in [0.29, 0.717) is 31.5 Å². The molecule has 0 unspecified atom stereocenters. The average molecular weight is 193 g/mol. The van der Waals surface area contributed by atoms with Gasteiger partial charge >= 0.3 is 6.05 Å². The first-order valence-corrected chi connectivity index (χ1v) is 4.19. The molecule has 0 aromatic heterocycles. The molecule has 6 N–H and O–H groups in total. The van der Waals surface area contributed by atoms with Crippen molar-refractivity contribution in [3.8, 4) is 0 Å². The molecule has 0 fully saturated rings. The van der Waals surface area contributed by atoms with Crippen molar-refractivity contribution >= 4 is 0 Å². The van der Waals surface area contributed by atoms with Gasteiger partial charge in [-0.2, -0.15) is 8.78 Å². The van der Waals surface area contributed by atoms with Crippen LogP contribution in [0.5, 0.6) is 0 Å². The molecule has 0 saturated heterocycles. The van der Waals surface area contributed by atoms with Crippen LogP contribution in [0.3, 0.4) is 0 Å². The zero-order chi connectivity index (χ0) is 10.5. The standard InChI is InChI=1S/C8H17F2N3/c1-6(8(9,10)13)7(2-4-11)3-5-12/h2-5,11-13H2,1H3. The predicted octanol–water partition coefficient (Wildman–Crippen LogP) is 0.552. The van der Waals surface area contributed by atoms with E-state index in [4.69, 9.17) is 11.5 Å². The van der Waals surface area contributed by atoms with Crippen molar-refractivity contribution in [2.24, 2.45) is 17.2 Å². The van der Waals surface area contributed by atoms with Crippen molar-refractivity contribution in [1.29, 1.82) is 0 Å². The molecule has 0 amide bonds. The van der Waals surface area contributed by atoms with E-state index in [1.807, 2.05) is 0 Å². The molecule has 0 aliphatic heterocycles. The summed E-state index contributed by atoms with van der Waals surface area (Å²) < 4.78 is 25.3. The zero-order valence-electron chi connectivity index (χ0n) is 7.82. The molecule has 0 bridgehead atoms. The molecule has 0 rings (SSSR count). The maximum atomic E-state index is 12.7. The zero-order valence-corrected chi connectivity index (χ0v) is 7.82. The van der Waals surface area contributed by atoms with Crippen LogP contribution in [0.25, 0.3) is 0 Å². The summed E-state index contributed by atoms with van der Waals surface area (Å²) in [6.45, 7) is 1.99. The third-order valence-electron chi connectivity index (χ3n) is 1.92. The topological polar surface area (TPSA) is 78.1 Å². The van der Waals surface area contributed by atoms with Gasteiger partial charge in [0.05, 0.1) is 0 Å². The summed E-state index contributed by atoms with van der Waals surface area (Å²) in [4.78, 5) is 0. The smallest absolute Gasteiger partial charge is 0.322 e. The first kappa shape index (κ1) is 12.5. The highest BCUT2D eigenvalue weighted by Gasteiger charge is 2.26. The van der Waals surface area contributed by atoms with E-state index in [0.717, 1.165) is 0 Å². The minimum Gasteiger partial charge on any atom is -0.330 e. The quantitative estimate of drug-likeness (QED) is 0.441. The molecule has 78 valence electrons. The SMILES string of the molecule is CC(=C(CCN)CCN)C(N)(F)F. The Morgan fingerprint density at radius 1 is 1.15 bits per heavy atom. The summed E-state index contributed by atoms with van der Waals surface area (Å²) in [6.07, 6.45) is 0.853. The Bertz CT molecular complexity index is 176. The van der Waals surface area contributed by atoms with Crippen molar-refractivity contribution < 1.29 is 8.78 Å². The molecule has 13 heavy (non-hydrogen) atoms. The second kappa shape index (κ2) is 5.26. The fourth-order valence-corrected chi connectivity index (χ4v) is 1.08. The summed E-state index contributed by atoms with van der Waals surface area (Å²) in [5, 5.41) is 0. The summed E-state index contributed by atoms with van der Waals surface area (Å²) in [5.41, 5.74) is 15.7. The van der Waals surface area contributed by atoms with E-state index in [2.05, 4.69) is 5.73 Å². The molecule has 0 saturated carbocycles. The number of alkyl halides is 2. The Balaban J connectivity index is 4.63. The summed E-state index contributed by atoms with van der Waals surface area (Å²) in [5.74, 6) is 0. The van der Waals surface area contributed by atoms with Gasteiger partial charge in [-0.3, -0.25) is 5.73 Å². The Morgan fingerprint density at radius 3 is 1.77 bits per heavy atom. The highest BCUT2D eigenvalue weighted by molar-refractivity contribution is 5.18. The van der Waals surface area contributed by atoms with Gasteiger partial charge in [-0.1, -0.05) is 5.57 Å². The monoisotopic (exact) mass is 193 g/mol. The maximum Gasteiger partial charge on any atom is 0.322 e. The molecule has 5 heteroatoms. The van der Waals surface area contributed by atoms with Crippen molar-refractivity contribution in [2.45, 2.75) is 25.8 Å². The van der Waals surface area contributed by atoms with Crippen LogP contribution in [0.4, 0.5) is 8.78 Å². The Morgan fingerprint density at radius 2 is 1.54 bits per heavy atom. The number of halogens is 2. The molecular weight excluding hydrogens is 176 g/mol. The molecule has 0 spiro atoms. The van der Waals surface area contributed by atoms with Gasteiger partial charge in [0.1, 0.15) is 0 Å². The van der Waals surface area contributed by atoms with Crippen molar-refractivity contribution in [2.75, 3.05) is 13.1 Å². The molecule has 0 aliphatic rings. The van der Waals surface area contributed by atoms with Crippen molar-refractivity contribution in [3.05, 3.63) is 11.1 Å². The van der Waals surface area contributed by atoms with Crippen LogP contribution in [-0.4, -0.2) is 19.1 Å². The molecule has 0 aromatic rings. The van der Waals surface area contributed by atoms with Gasteiger partial charge in [-0.05, 0) is 32.9 Å². The lowest BCUT2D eigenvalue weighted by atomic mass is 10.0. The summed E-state index contributed by atoms with van der Waals surface area (Å²) >= 11 is 0. The van der Waals surface area contributed by atoms with E-state index in [9.17, 15) is 8.78 Å². The Kier molecular flexibility index (Phi) is 5.05. The third kappa shape index (κ3) is 4.31. The van der Waals surface area contributed by atoms with Gasteiger partial charge in [-0.15, -0.1) is 0 Å². The molecule has 0 heterocycles. The maximum absolute atomic E-state index is 12.7. The highest BCUT2D eigenvalue weighted by Crippen LogP contribution is 2.23. The first-order valence-electron chi connectivity index (χ1n) is 4.19. The van der Waals surface area contributed by atoms with Gasteiger partial charge in [0.2, 0.25) is 0 Å². The number of hydrogen-bond acceptors (Lipinski definition) is 3. The van der Waals surface area contributed by atoms with Crippen LogP contribution in [0.2, 0.25) is 0 Å². The van der Waals surface area contributed by atoms with Gasteiger partial charge in [0, 0.05) is 5.57 Å². The van der Waals surface area contributed by atoms with Crippen LogP contribution >= 0.6 is 0 Å². The van der Waals surface area contributed by atoms with Crippen LogP contribution in [0, 0.1) is 0 Å². The Hall–Kier alpha value is -0.520. The van der Waals surface area contributed by atoms with Crippen molar-refractivity contribution in [3.63, 3.8) is 0 Å². The highest BCUT2D eigenvalue weighted by atomic mass is 19.3. The van der Waals surface area contributed by atoms with E-state index in [1.54, 1.807) is 0 Å². The van der Waals surface area contributed by atoms with E-state index in [-0.39, 0.29) is 5.57 Å². The van der Waals surface area contributed by atoms with Gasteiger partial charge in [-0.25, -0.2) is 0 Å². The first-order chi connectivity index (χ1) is 5.93. The normalized spacial score (nSPS) is 11.5. The fraction of sp³-hybridized carbons (Fsp3) is 0.750. The van der Waals surface area contributed by atoms with E-state index in [1.165, 1.54) is 6.92 Å². The Labute approximate surface area is 77.0 Å². The summed E-state index contributed by atoms with van der Waals surface area (Å²) in [7, 11) is 0. The lowest BCUT2D eigenvalue weighted by molar-refractivity contribution is 0.0477. The van der Waals surface area contributed by atoms with E-state index >= 15 is 0 Å². The minimum atomic E-state index is -3.25. The second-order valence-corrected chi connectivity index (χ2v) is 2.93.